The Labute approximate surface area is 255 Å². The van der Waals surface area contributed by atoms with Crippen molar-refractivity contribution in [2.24, 2.45) is 46.3 Å². The summed E-state index contributed by atoms with van der Waals surface area (Å²) in [5, 5.41) is 30.8. The molecule has 5 fully saturated rings. The molecule has 5 aliphatic rings. The molecule has 1 saturated heterocycles. The standard InChI is InChI=1S/C24H40O4.C10H12N2Se/c1-14(4-9-22(27)28)18-7-8-19-17-6-5-15-12-16(25)10-11-23(15,2)20(17)13-21(26)24(18,19)3;1-12-9(4-5-10(12)13)8-3-2-6-11-7-8/h14-21,25-26H,4-13H2,1-3H3,(H,27,28);2-3,6-7,9H,4-5H2,1H3/t14-,15-,16-,17+,18-,19+,20+,21+,23+,24-;9-/m10/s1. The smallest absolute Gasteiger partial charge is 0.303 e. The van der Waals surface area contributed by atoms with Crippen molar-refractivity contribution in [2.45, 2.75) is 116 Å². The van der Waals surface area contributed by atoms with Gasteiger partial charge in [-0.25, -0.2) is 0 Å². The van der Waals surface area contributed by atoms with Crippen molar-refractivity contribution in [1.29, 1.82) is 0 Å². The van der Waals surface area contributed by atoms with Crippen molar-refractivity contribution < 1.29 is 20.1 Å². The maximum absolute atomic E-state index is 11.5. The zero-order valence-corrected chi connectivity index (χ0v) is 27.3. The summed E-state index contributed by atoms with van der Waals surface area (Å²) in [6.45, 7) is 6.99. The normalized spacial score (nSPS) is 42.4. The van der Waals surface area contributed by atoms with Gasteiger partial charge < -0.3 is 15.3 Å². The van der Waals surface area contributed by atoms with Crippen LogP contribution in [-0.4, -0.2) is 70.5 Å². The number of hydrogen-bond acceptors (Lipinski definition) is 5. The molecule has 41 heavy (non-hydrogen) atoms. The average Bonchev–Trinajstić information content (AvgIpc) is 3.49. The Hall–Kier alpha value is -1.27. The maximum Gasteiger partial charge on any atom is 0.303 e. The third-order valence-electron chi connectivity index (χ3n) is 12.9. The molecule has 6 nitrogen and oxygen atoms in total. The number of aliphatic carboxylic acids is 1. The van der Waals surface area contributed by atoms with Gasteiger partial charge in [0, 0.05) is 6.42 Å². The fourth-order valence-electron chi connectivity index (χ4n) is 10.5. The first-order valence-corrected chi connectivity index (χ1v) is 17.1. The molecule has 0 aromatic carbocycles. The van der Waals surface area contributed by atoms with Crippen molar-refractivity contribution in [3.63, 3.8) is 0 Å². The second kappa shape index (κ2) is 12.4. The number of carboxylic acid groups (broad SMARTS) is 1. The monoisotopic (exact) mass is 632 g/mol. The predicted molar refractivity (Wildman–Crippen MR) is 163 cm³/mol. The minimum atomic E-state index is -0.707. The van der Waals surface area contributed by atoms with E-state index in [2.05, 4.69) is 59.3 Å². The summed E-state index contributed by atoms with van der Waals surface area (Å²) in [5.41, 5.74) is 1.53. The molecule has 0 radical (unpaired) electrons. The van der Waals surface area contributed by atoms with Gasteiger partial charge in [-0.2, -0.15) is 0 Å². The third-order valence-corrected chi connectivity index (χ3v) is 13.9. The summed E-state index contributed by atoms with van der Waals surface area (Å²) in [6, 6.07) is 4.66. The SMILES string of the molecule is CN1C(=[Se])CC[C@H]1c1cccnc1.C[C@H](CCC(=O)O)[C@H]1CC[C@H]2[C@@H]3CC[C@@H]4C[C@H](O)CC[C@]4(C)[C@H]3C[C@H](O)[C@]12C. The first-order valence-electron chi connectivity index (χ1n) is 16.2. The van der Waals surface area contributed by atoms with Crippen LogP contribution in [0.25, 0.3) is 0 Å². The van der Waals surface area contributed by atoms with Gasteiger partial charge in [0.2, 0.25) is 0 Å². The summed E-state index contributed by atoms with van der Waals surface area (Å²) in [6.07, 6.45) is 15.4. The van der Waals surface area contributed by atoms with Gasteiger partial charge in [0.15, 0.2) is 0 Å². The molecule has 2 heterocycles. The van der Waals surface area contributed by atoms with Crippen LogP contribution < -0.4 is 0 Å². The Balaban J connectivity index is 0.000000216. The van der Waals surface area contributed by atoms with E-state index < -0.39 is 5.97 Å². The molecule has 0 spiro atoms. The topological polar surface area (TPSA) is 93.9 Å². The number of fused-ring (bicyclic) bond motifs is 5. The van der Waals surface area contributed by atoms with Crippen LogP contribution in [-0.2, 0) is 4.79 Å². The van der Waals surface area contributed by atoms with Gasteiger partial charge >= 0.3 is 92.0 Å². The second-order valence-corrected chi connectivity index (χ2v) is 15.6. The number of carbonyl (C=O) groups is 1. The van der Waals surface area contributed by atoms with E-state index in [1.807, 2.05) is 18.5 Å². The molecule has 11 atom stereocenters. The average molecular weight is 632 g/mol. The summed E-state index contributed by atoms with van der Waals surface area (Å²) < 4.78 is 1.36. The molecule has 4 saturated carbocycles. The molecule has 4 aliphatic carbocycles. The molecule has 7 heteroatoms. The zero-order valence-electron chi connectivity index (χ0n) is 25.5. The van der Waals surface area contributed by atoms with Gasteiger partial charge in [0.1, 0.15) is 0 Å². The number of aromatic nitrogens is 1. The van der Waals surface area contributed by atoms with E-state index in [1.165, 1.54) is 35.8 Å². The number of likely N-dealkylation sites (tertiary alicyclic amines) is 1. The molecule has 6 rings (SSSR count). The van der Waals surface area contributed by atoms with Crippen LogP contribution in [0.3, 0.4) is 0 Å². The Kier molecular flexibility index (Phi) is 9.41. The molecule has 1 aromatic rings. The molecule has 3 N–H and O–H groups in total. The fraction of sp³-hybridized carbons (Fsp3) is 0.794. The molecule has 1 aromatic heterocycles. The molecule has 1 aliphatic heterocycles. The van der Waals surface area contributed by atoms with Crippen LogP contribution in [0, 0.1) is 46.3 Å². The molecule has 0 bridgehead atoms. The van der Waals surface area contributed by atoms with Gasteiger partial charge in [-0.1, -0.05) is 20.8 Å². The van der Waals surface area contributed by atoms with Gasteiger partial charge in [-0.15, -0.1) is 0 Å². The van der Waals surface area contributed by atoms with Crippen molar-refractivity contribution in [3.05, 3.63) is 30.1 Å². The van der Waals surface area contributed by atoms with Gasteiger partial charge in [0.25, 0.3) is 0 Å². The number of carboxylic acids is 1. The van der Waals surface area contributed by atoms with Crippen molar-refractivity contribution in [3.8, 4) is 0 Å². The molecular formula is C34H52N2O4Se. The first-order chi connectivity index (χ1) is 19.5. The number of aliphatic hydroxyl groups is 2. The van der Waals surface area contributed by atoms with Crippen molar-refractivity contribution in [1.82, 2.24) is 9.88 Å². The third kappa shape index (κ3) is 5.82. The van der Waals surface area contributed by atoms with Crippen LogP contribution in [0.2, 0.25) is 0 Å². The van der Waals surface area contributed by atoms with Crippen LogP contribution in [0.4, 0.5) is 0 Å². The summed E-state index contributed by atoms with van der Waals surface area (Å²) in [5.74, 6) is 2.55. The number of aliphatic hydroxyl groups excluding tert-OH is 2. The largest absolute Gasteiger partial charge is 0.481 e. The Morgan fingerprint density at radius 3 is 2.56 bits per heavy atom. The quantitative estimate of drug-likeness (QED) is 0.365. The Morgan fingerprint density at radius 1 is 1.12 bits per heavy atom. The van der Waals surface area contributed by atoms with Crippen molar-refractivity contribution >= 4 is 26.1 Å². The predicted octanol–water partition coefficient (Wildman–Crippen LogP) is 5.62. The van der Waals surface area contributed by atoms with E-state index in [-0.39, 0.29) is 29.5 Å². The summed E-state index contributed by atoms with van der Waals surface area (Å²) in [4.78, 5) is 17.5. The number of hydrogen-bond donors (Lipinski definition) is 3. The maximum atomic E-state index is 11.5. The fourth-order valence-corrected chi connectivity index (χ4v) is 11.0. The number of rotatable bonds is 5. The number of pyridine rings is 1. The van der Waals surface area contributed by atoms with Crippen LogP contribution in [0.1, 0.15) is 109 Å². The Bertz CT molecular complexity index is 1090. The van der Waals surface area contributed by atoms with Crippen LogP contribution in [0.15, 0.2) is 24.5 Å². The minimum absolute atomic E-state index is 0.0591. The van der Waals surface area contributed by atoms with Gasteiger partial charge in [-0.3, -0.25) is 4.79 Å². The zero-order chi connectivity index (χ0) is 29.5. The van der Waals surface area contributed by atoms with E-state index in [9.17, 15) is 15.0 Å². The van der Waals surface area contributed by atoms with E-state index >= 15 is 0 Å². The van der Waals surface area contributed by atoms with E-state index in [4.69, 9.17) is 5.11 Å². The summed E-state index contributed by atoms with van der Waals surface area (Å²) in [7, 11) is 2.14. The van der Waals surface area contributed by atoms with Gasteiger partial charge in [0.05, 0.1) is 12.2 Å². The van der Waals surface area contributed by atoms with E-state index in [0.29, 0.717) is 41.5 Å². The van der Waals surface area contributed by atoms with Crippen LogP contribution >= 0.6 is 0 Å². The second-order valence-electron chi connectivity index (χ2n) is 14.6. The van der Waals surface area contributed by atoms with Crippen molar-refractivity contribution in [2.75, 3.05) is 7.05 Å². The van der Waals surface area contributed by atoms with Gasteiger partial charge in [-0.05, 0) is 104 Å². The number of nitrogens with zero attached hydrogens (tertiary/aromatic N) is 2. The molecular weight excluding hydrogens is 579 g/mol. The van der Waals surface area contributed by atoms with Crippen LogP contribution in [0.5, 0.6) is 0 Å². The molecule has 0 unspecified atom stereocenters. The van der Waals surface area contributed by atoms with E-state index in [1.54, 1.807) is 0 Å². The van der Waals surface area contributed by atoms with E-state index in [0.717, 1.165) is 44.9 Å². The Morgan fingerprint density at radius 2 is 1.90 bits per heavy atom. The minimum Gasteiger partial charge on any atom is -0.481 e. The molecule has 0 amide bonds. The molecule has 228 valence electrons. The first kappa shape index (κ1) is 31.2. The summed E-state index contributed by atoms with van der Waals surface area (Å²) >= 11 is 3.11.